The van der Waals surface area contributed by atoms with E-state index >= 15 is 0 Å². The van der Waals surface area contributed by atoms with Crippen LogP contribution in [0.4, 0.5) is 0 Å². The Bertz CT molecular complexity index is 238. The van der Waals surface area contributed by atoms with E-state index in [9.17, 15) is 4.79 Å². The lowest BCUT2D eigenvalue weighted by atomic mass is 10.0. The zero-order chi connectivity index (χ0) is 7.14. The molecule has 2 bridgehead atoms. The van der Waals surface area contributed by atoms with Crippen LogP contribution >= 0.6 is 0 Å². The molecule has 2 rings (SSSR count). The summed E-state index contributed by atoms with van der Waals surface area (Å²) in [6.45, 7) is 1.57. The zero-order valence-corrected chi connectivity index (χ0v) is 5.70. The summed E-state index contributed by atoms with van der Waals surface area (Å²) < 4.78 is 5.32. The molecule has 0 N–H and O–H groups in total. The summed E-state index contributed by atoms with van der Waals surface area (Å²) in [4.78, 5) is 10.9. The van der Waals surface area contributed by atoms with Crippen LogP contribution in [0.3, 0.4) is 0 Å². The molecule has 0 amide bonds. The highest BCUT2D eigenvalue weighted by atomic mass is 16.5. The maximum Gasteiger partial charge on any atom is 0.158 e. The van der Waals surface area contributed by atoms with E-state index in [0.717, 1.165) is 5.57 Å². The van der Waals surface area contributed by atoms with E-state index in [1.54, 1.807) is 6.92 Å². The van der Waals surface area contributed by atoms with E-state index in [-0.39, 0.29) is 18.0 Å². The van der Waals surface area contributed by atoms with Gasteiger partial charge in [0.2, 0.25) is 0 Å². The Labute approximate surface area is 59.2 Å². The average molecular weight is 136 g/mol. The Balaban J connectivity index is 2.29. The predicted molar refractivity (Wildman–Crippen MR) is 36.6 cm³/mol. The predicted octanol–water partition coefficient (Wildman–Crippen LogP) is 0.839. The Hall–Kier alpha value is -0.890. The van der Waals surface area contributed by atoms with Crippen molar-refractivity contribution in [2.24, 2.45) is 0 Å². The monoisotopic (exact) mass is 136 g/mol. The van der Waals surface area contributed by atoms with E-state index in [4.69, 9.17) is 4.74 Å². The molecule has 0 fully saturated rings. The molecule has 2 heteroatoms. The summed E-state index contributed by atoms with van der Waals surface area (Å²) in [7, 11) is 0. The lowest BCUT2D eigenvalue weighted by Gasteiger charge is -2.02. The average Bonchev–Trinajstić information content (AvgIpc) is 2.44. The van der Waals surface area contributed by atoms with Gasteiger partial charge in [0, 0.05) is 5.57 Å². The van der Waals surface area contributed by atoms with Crippen LogP contribution < -0.4 is 0 Å². The van der Waals surface area contributed by atoms with Crippen molar-refractivity contribution in [1.82, 2.24) is 0 Å². The molecular weight excluding hydrogens is 128 g/mol. The first-order chi connectivity index (χ1) is 4.77. The lowest BCUT2D eigenvalue weighted by molar-refractivity contribution is -0.114. The molecule has 0 saturated carbocycles. The van der Waals surface area contributed by atoms with Crippen molar-refractivity contribution in [1.29, 1.82) is 0 Å². The number of ketones is 1. The van der Waals surface area contributed by atoms with Gasteiger partial charge in [-0.1, -0.05) is 12.2 Å². The van der Waals surface area contributed by atoms with E-state index < -0.39 is 0 Å². The topological polar surface area (TPSA) is 26.3 Å². The third-order valence-corrected chi connectivity index (χ3v) is 1.84. The quantitative estimate of drug-likeness (QED) is 0.499. The first kappa shape index (κ1) is 5.86. The summed E-state index contributed by atoms with van der Waals surface area (Å²) >= 11 is 0. The number of hydrogen-bond acceptors (Lipinski definition) is 2. The van der Waals surface area contributed by atoms with Gasteiger partial charge >= 0.3 is 0 Å². The number of carbonyl (C=O) groups is 1. The van der Waals surface area contributed by atoms with Crippen molar-refractivity contribution in [3.8, 4) is 0 Å². The van der Waals surface area contributed by atoms with E-state index in [1.165, 1.54) is 0 Å². The number of rotatable bonds is 1. The largest absolute Gasteiger partial charge is 0.358 e. The van der Waals surface area contributed by atoms with Gasteiger partial charge in [0.25, 0.3) is 0 Å². The first-order valence-corrected chi connectivity index (χ1v) is 3.34. The summed E-state index contributed by atoms with van der Waals surface area (Å²) in [5.41, 5.74) is 0.813. The number of Topliss-reactive ketones (excluding diaryl/α,β-unsaturated/α-hetero) is 1. The molecule has 2 atom stereocenters. The highest BCUT2D eigenvalue weighted by Gasteiger charge is 2.30. The van der Waals surface area contributed by atoms with E-state index in [2.05, 4.69) is 0 Å². The molecule has 2 aliphatic heterocycles. The molecule has 0 aromatic heterocycles. The molecule has 2 heterocycles. The second-order valence-corrected chi connectivity index (χ2v) is 2.58. The molecule has 0 spiro atoms. The van der Waals surface area contributed by atoms with Gasteiger partial charge in [0.05, 0.1) is 6.10 Å². The summed E-state index contributed by atoms with van der Waals surface area (Å²) in [6.07, 6.45) is 5.82. The Morgan fingerprint density at radius 2 is 2.40 bits per heavy atom. The standard InChI is InChI=1S/C8H8O2/c1-5(9)7-4-6-2-3-8(7)10-6/h2-4,6,8H,1H3. The smallest absolute Gasteiger partial charge is 0.158 e. The fourth-order valence-corrected chi connectivity index (χ4v) is 1.33. The fourth-order valence-electron chi connectivity index (χ4n) is 1.33. The third kappa shape index (κ3) is 0.656. The molecule has 0 aromatic carbocycles. The second-order valence-electron chi connectivity index (χ2n) is 2.58. The maximum atomic E-state index is 10.9. The second kappa shape index (κ2) is 1.80. The molecule has 2 nitrogen and oxygen atoms in total. The number of carbonyl (C=O) groups excluding carboxylic acids is 1. The molecule has 0 aliphatic carbocycles. The van der Waals surface area contributed by atoms with Crippen LogP contribution in [0, 0.1) is 0 Å². The normalized spacial score (nSPS) is 34.7. The number of hydrogen-bond donors (Lipinski definition) is 0. The van der Waals surface area contributed by atoms with Crippen LogP contribution in [0.2, 0.25) is 0 Å². The van der Waals surface area contributed by atoms with Crippen molar-refractivity contribution < 1.29 is 9.53 Å². The molecule has 0 saturated heterocycles. The van der Waals surface area contributed by atoms with Gasteiger partial charge in [-0.3, -0.25) is 4.79 Å². The van der Waals surface area contributed by atoms with Crippen molar-refractivity contribution in [3.63, 3.8) is 0 Å². The van der Waals surface area contributed by atoms with Crippen LogP contribution in [0.25, 0.3) is 0 Å². The van der Waals surface area contributed by atoms with Gasteiger partial charge in [0.15, 0.2) is 5.78 Å². The van der Waals surface area contributed by atoms with Gasteiger partial charge in [-0.05, 0) is 13.0 Å². The van der Waals surface area contributed by atoms with E-state index in [0.29, 0.717) is 0 Å². The molecule has 0 aromatic rings. The van der Waals surface area contributed by atoms with Crippen molar-refractivity contribution >= 4 is 5.78 Å². The lowest BCUT2D eigenvalue weighted by Crippen LogP contribution is -2.09. The van der Waals surface area contributed by atoms with Gasteiger partial charge < -0.3 is 4.74 Å². The molecular formula is C8H8O2. The zero-order valence-electron chi connectivity index (χ0n) is 5.70. The fraction of sp³-hybridized carbons (Fsp3) is 0.375. The molecule has 0 radical (unpaired) electrons. The van der Waals surface area contributed by atoms with Gasteiger partial charge in [-0.15, -0.1) is 0 Å². The summed E-state index contributed by atoms with van der Waals surface area (Å²) in [5, 5.41) is 0. The van der Waals surface area contributed by atoms with E-state index in [1.807, 2.05) is 18.2 Å². The minimum Gasteiger partial charge on any atom is -0.358 e. The van der Waals surface area contributed by atoms with Crippen molar-refractivity contribution in [2.75, 3.05) is 0 Å². The SMILES string of the molecule is CC(=O)C1=CC2C=CC1O2. The molecule has 2 aliphatic rings. The van der Waals surface area contributed by atoms with Crippen LogP contribution in [-0.4, -0.2) is 18.0 Å². The molecule has 10 heavy (non-hydrogen) atoms. The van der Waals surface area contributed by atoms with Crippen molar-refractivity contribution in [3.05, 3.63) is 23.8 Å². The first-order valence-electron chi connectivity index (χ1n) is 3.34. The maximum absolute atomic E-state index is 10.9. The summed E-state index contributed by atoms with van der Waals surface area (Å²) in [6, 6.07) is 0. The summed E-state index contributed by atoms with van der Waals surface area (Å²) in [5.74, 6) is 0.122. The highest BCUT2D eigenvalue weighted by molar-refractivity contribution is 5.95. The van der Waals surface area contributed by atoms with Crippen LogP contribution in [0.15, 0.2) is 23.8 Å². The Kier molecular flexibility index (Phi) is 1.05. The van der Waals surface area contributed by atoms with Crippen LogP contribution in [-0.2, 0) is 9.53 Å². The highest BCUT2D eigenvalue weighted by Crippen LogP contribution is 2.27. The van der Waals surface area contributed by atoms with Crippen LogP contribution in [0.5, 0.6) is 0 Å². The van der Waals surface area contributed by atoms with Gasteiger partial charge in [0.1, 0.15) is 6.10 Å². The van der Waals surface area contributed by atoms with Crippen LogP contribution in [0.1, 0.15) is 6.92 Å². The Morgan fingerprint density at radius 1 is 1.60 bits per heavy atom. The minimum atomic E-state index is -0.0394. The van der Waals surface area contributed by atoms with Gasteiger partial charge in [-0.25, -0.2) is 0 Å². The Morgan fingerprint density at radius 3 is 2.70 bits per heavy atom. The number of fused-ring (bicyclic) bond motifs is 2. The number of ether oxygens (including phenoxy) is 1. The molecule has 2 unspecified atom stereocenters. The van der Waals surface area contributed by atoms with Gasteiger partial charge in [-0.2, -0.15) is 0 Å². The molecule has 52 valence electrons. The van der Waals surface area contributed by atoms with Crippen molar-refractivity contribution in [2.45, 2.75) is 19.1 Å². The third-order valence-electron chi connectivity index (χ3n) is 1.84. The minimum absolute atomic E-state index is 0.0394.